The Morgan fingerprint density at radius 3 is 2.72 bits per heavy atom. The van der Waals surface area contributed by atoms with Gasteiger partial charge >= 0.3 is 10.8 Å². The third-order valence-electron chi connectivity index (χ3n) is 3.76. The van der Waals surface area contributed by atoms with E-state index >= 15 is 0 Å². The number of carboxylic acid groups (broad SMARTS) is 1. The fourth-order valence-electron chi connectivity index (χ4n) is 2.59. The molecule has 2 rings (SSSR count). The van der Waals surface area contributed by atoms with Crippen molar-refractivity contribution in [3.8, 4) is 0 Å². The molecule has 4 nitrogen and oxygen atoms in total. The number of nitrogens with zero attached hydrogens (tertiary/aromatic N) is 1. The van der Waals surface area contributed by atoms with Crippen LogP contribution in [-0.2, 0) is 24.2 Å². The Kier molecular flexibility index (Phi) is 3.36. The minimum absolute atomic E-state index is 0.128. The van der Waals surface area contributed by atoms with Crippen molar-refractivity contribution in [2.24, 2.45) is 11.3 Å². The Balaban J connectivity index is 2.31. The number of rotatable bonds is 2. The van der Waals surface area contributed by atoms with E-state index in [0.717, 1.165) is 29.8 Å². The molecule has 0 aromatic carbocycles. The lowest BCUT2D eigenvalue weighted by Gasteiger charge is -2.33. The molecule has 1 atom stereocenters. The van der Waals surface area contributed by atoms with Crippen molar-refractivity contribution in [3.05, 3.63) is 20.2 Å². The molecule has 1 aromatic rings. The molecule has 0 aliphatic heterocycles. The summed E-state index contributed by atoms with van der Waals surface area (Å²) in [6, 6.07) is 0. The molecule has 0 saturated carbocycles. The van der Waals surface area contributed by atoms with Gasteiger partial charge in [-0.1, -0.05) is 32.1 Å². The SMILES string of the molecule is CC(C)(C)C1CCc2c(sc(=O)n2CC(=O)O)C1. The van der Waals surface area contributed by atoms with Gasteiger partial charge in [-0.15, -0.1) is 0 Å². The fourth-order valence-corrected chi connectivity index (χ4v) is 3.70. The second-order valence-electron chi connectivity index (χ2n) is 6.02. The van der Waals surface area contributed by atoms with Gasteiger partial charge in [-0.2, -0.15) is 0 Å². The van der Waals surface area contributed by atoms with E-state index in [4.69, 9.17) is 5.11 Å². The molecule has 1 aromatic heterocycles. The predicted molar refractivity (Wildman–Crippen MR) is 71.2 cm³/mol. The van der Waals surface area contributed by atoms with Crippen molar-refractivity contribution in [3.63, 3.8) is 0 Å². The summed E-state index contributed by atoms with van der Waals surface area (Å²) in [4.78, 5) is 23.6. The number of thiazole rings is 1. The quantitative estimate of drug-likeness (QED) is 0.895. The van der Waals surface area contributed by atoms with Crippen LogP contribution in [0.1, 0.15) is 37.8 Å². The van der Waals surface area contributed by atoms with Crippen LogP contribution in [0.2, 0.25) is 0 Å². The molecule has 0 saturated heterocycles. The van der Waals surface area contributed by atoms with Gasteiger partial charge in [-0.05, 0) is 30.6 Å². The lowest BCUT2D eigenvalue weighted by Crippen LogP contribution is -2.28. The molecule has 100 valence electrons. The van der Waals surface area contributed by atoms with Crippen LogP contribution in [0.25, 0.3) is 0 Å². The highest BCUT2D eigenvalue weighted by Crippen LogP contribution is 2.38. The number of carbonyl (C=O) groups is 1. The maximum atomic E-state index is 11.8. The van der Waals surface area contributed by atoms with E-state index in [2.05, 4.69) is 20.8 Å². The Labute approximate surface area is 110 Å². The lowest BCUT2D eigenvalue weighted by atomic mass is 9.73. The molecule has 1 aliphatic rings. The third-order valence-corrected chi connectivity index (χ3v) is 4.80. The third kappa shape index (κ3) is 2.51. The molecule has 0 radical (unpaired) electrons. The van der Waals surface area contributed by atoms with Crippen molar-refractivity contribution in [1.82, 2.24) is 4.57 Å². The fraction of sp³-hybridized carbons (Fsp3) is 0.692. The first-order chi connectivity index (χ1) is 8.29. The van der Waals surface area contributed by atoms with Crippen LogP contribution in [0.15, 0.2) is 4.79 Å². The summed E-state index contributed by atoms with van der Waals surface area (Å²) in [5.41, 5.74) is 1.19. The van der Waals surface area contributed by atoms with Crippen LogP contribution < -0.4 is 4.87 Å². The maximum Gasteiger partial charge on any atom is 0.323 e. The Morgan fingerprint density at radius 1 is 1.50 bits per heavy atom. The van der Waals surface area contributed by atoms with Crippen molar-refractivity contribution in [2.45, 2.75) is 46.6 Å². The van der Waals surface area contributed by atoms with Gasteiger partial charge in [-0.3, -0.25) is 14.2 Å². The van der Waals surface area contributed by atoms with Gasteiger partial charge in [0.25, 0.3) is 0 Å². The van der Waals surface area contributed by atoms with Crippen LogP contribution in [0.3, 0.4) is 0 Å². The zero-order valence-electron chi connectivity index (χ0n) is 11.0. The number of hydrogen-bond donors (Lipinski definition) is 1. The number of fused-ring (bicyclic) bond motifs is 1. The highest BCUT2D eigenvalue weighted by atomic mass is 32.1. The molecule has 1 aliphatic carbocycles. The van der Waals surface area contributed by atoms with Crippen LogP contribution in [0.4, 0.5) is 0 Å². The highest BCUT2D eigenvalue weighted by Gasteiger charge is 2.31. The largest absolute Gasteiger partial charge is 0.480 e. The lowest BCUT2D eigenvalue weighted by molar-refractivity contribution is -0.137. The van der Waals surface area contributed by atoms with Crippen LogP contribution in [0.5, 0.6) is 0 Å². The van der Waals surface area contributed by atoms with Gasteiger partial charge in [0.1, 0.15) is 6.54 Å². The van der Waals surface area contributed by atoms with Crippen molar-refractivity contribution in [1.29, 1.82) is 0 Å². The first-order valence-electron chi connectivity index (χ1n) is 6.22. The van der Waals surface area contributed by atoms with Crippen LogP contribution in [0, 0.1) is 11.3 Å². The maximum absolute atomic E-state index is 11.8. The number of hydrogen-bond acceptors (Lipinski definition) is 3. The van der Waals surface area contributed by atoms with Gasteiger partial charge in [-0.25, -0.2) is 0 Å². The summed E-state index contributed by atoms with van der Waals surface area (Å²) in [6.07, 6.45) is 2.76. The monoisotopic (exact) mass is 269 g/mol. The number of aliphatic carboxylic acids is 1. The molecule has 0 spiro atoms. The highest BCUT2D eigenvalue weighted by molar-refractivity contribution is 7.09. The van der Waals surface area contributed by atoms with E-state index in [1.54, 1.807) is 0 Å². The van der Waals surface area contributed by atoms with E-state index in [9.17, 15) is 9.59 Å². The van der Waals surface area contributed by atoms with E-state index in [0.29, 0.717) is 5.92 Å². The molecule has 5 heteroatoms. The minimum atomic E-state index is -0.948. The molecule has 0 bridgehead atoms. The van der Waals surface area contributed by atoms with Crippen LogP contribution >= 0.6 is 11.3 Å². The summed E-state index contributed by atoms with van der Waals surface area (Å²) in [5.74, 6) is -0.378. The number of aromatic nitrogens is 1. The van der Waals surface area contributed by atoms with Crippen molar-refractivity contribution >= 4 is 17.3 Å². The van der Waals surface area contributed by atoms with E-state index < -0.39 is 5.97 Å². The topological polar surface area (TPSA) is 59.3 Å². The standard InChI is InChI=1S/C13H19NO3S/c1-13(2,3)8-4-5-9-10(6-8)18-12(17)14(9)7-11(15)16/h8H,4-7H2,1-3H3,(H,15,16). The number of carboxylic acids is 1. The van der Waals surface area contributed by atoms with Gasteiger partial charge in [0.15, 0.2) is 0 Å². The molecule has 1 heterocycles. The molecule has 1 unspecified atom stereocenters. The van der Waals surface area contributed by atoms with Gasteiger partial charge in [0.2, 0.25) is 0 Å². The van der Waals surface area contributed by atoms with Gasteiger partial charge < -0.3 is 5.11 Å². The summed E-state index contributed by atoms with van der Waals surface area (Å²) in [7, 11) is 0. The molecule has 1 N–H and O–H groups in total. The Hall–Kier alpha value is -1.10. The average molecular weight is 269 g/mol. The summed E-state index contributed by atoms with van der Waals surface area (Å²) >= 11 is 1.22. The van der Waals surface area contributed by atoms with E-state index in [1.807, 2.05) is 0 Å². The summed E-state index contributed by atoms with van der Waals surface area (Å²) in [6.45, 7) is 6.46. The van der Waals surface area contributed by atoms with E-state index in [1.165, 1.54) is 15.9 Å². The zero-order chi connectivity index (χ0) is 13.5. The second kappa shape index (κ2) is 4.53. The van der Waals surface area contributed by atoms with Gasteiger partial charge in [0, 0.05) is 10.6 Å². The minimum Gasteiger partial charge on any atom is -0.480 e. The average Bonchev–Trinajstić information content (AvgIpc) is 2.53. The molecule has 0 fully saturated rings. The summed E-state index contributed by atoms with van der Waals surface area (Å²) in [5, 5.41) is 8.84. The first kappa shape index (κ1) is 13.3. The molecular weight excluding hydrogens is 250 g/mol. The van der Waals surface area contributed by atoms with Crippen molar-refractivity contribution in [2.75, 3.05) is 0 Å². The molecule has 18 heavy (non-hydrogen) atoms. The smallest absolute Gasteiger partial charge is 0.323 e. The zero-order valence-corrected chi connectivity index (χ0v) is 11.8. The second-order valence-corrected chi connectivity index (χ2v) is 7.07. The normalized spacial score (nSPS) is 19.6. The van der Waals surface area contributed by atoms with Crippen molar-refractivity contribution < 1.29 is 9.90 Å². The summed E-state index contributed by atoms with van der Waals surface area (Å²) < 4.78 is 1.43. The molecule has 0 amide bonds. The first-order valence-corrected chi connectivity index (χ1v) is 7.04. The van der Waals surface area contributed by atoms with E-state index in [-0.39, 0.29) is 16.8 Å². The molecular formula is C13H19NO3S. The Morgan fingerprint density at radius 2 is 2.17 bits per heavy atom. The van der Waals surface area contributed by atoms with Gasteiger partial charge in [0.05, 0.1) is 0 Å². The predicted octanol–water partition coefficient (Wildman–Crippen LogP) is 2.15. The Bertz CT molecular complexity index is 521. The van der Waals surface area contributed by atoms with Crippen LogP contribution in [-0.4, -0.2) is 15.6 Å².